The van der Waals surface area contributed by atoms with E-state index in [0.717, 1.165) is 24.8 Å². The fourth-order valence-electron chi connectivity index (χ4n) is 2.93. The van der Waals surface area contributed by atoms with Crippen LogP contribution in [0, 0.1) is 6.92 Å². The summed E-state index contributed by atoms with van der Waals surface area (Å²) in [6.45, 7) is 4.09. The van der Waals surface area contributed by atoms with Crippen molar-refractivity contribution in [3.8, 4) is 0 Å². The van der Waals surface area contributed by atoms with Gasteiger partial charge in [-0.25, -0.2) is 8.42 Å². The van der Waals surface area contributed by atoms with E-state index in [9.17, 15) is 13.5 Å². The topological polar surface area (TPSA) is 66.4 Å². The van der Waals surface area contributed by atoms with Gasteiger partial charge in [0.1, 0.15) is 0 Å². The average Bonchev–Trinajstić information content (AvgIpc) is 2.46. The molecule has 1 fully saturated rings. The molecule has 0 amide bonds. The van der Waals surface area contributed by atoms with Gasteiger partial charge in [-0.3, -0.25) is 0 Å². The van der Waals surface area contributed by atoms with Crippen LogP contribution in [0.3, 0.4) is 0 Å². The standard InChI is InChI=1S/C16H25NO3S/c1-12-7-9-14(10-8-12)21(19,20)16-6-4-3-5-15(16)17-11-13(2)18/h7-10,13,15-18H,3-6,11H2,1-2H3/t13-,15+,16+/m0/s1. The van der Waals surface area contributed by atoms with Gasteiger partial charge < -0.3 is 10.4 Å². The first-order chi connectivity index (χ1) is 9.91. The lowest BCUT2D eigenvalue weighted by atomic mass is 9.95. The molecule has 0 bridgehead atoms. The van der Waals surface area contributed by atoms with Gasteiger partial charge in [0.05, 0.1) is 16.2 Å². The first-order valence-electron chi connectivity index (χ1n) is 7.63. The molecule has 0 aromatic heterocycles. The van der Waals surface area contributed by atoms with Crippen molar-refractivity contribution in [3.05, 3.63) is 29.8 Å². The first-order valence-corrected chi connectivity index (χ1v) is 9.18. The molecule has 1 aromatic rings. The van der Waals surface area contributed by atoms with Gasteiger partial charge in [-0.05, 0) is 38.8 Å². The Morgan fingerprint density at radius 2 is 1.86 bits per heavy atom. The van der Waals surface area contributed by atoms with Crippen molar-refractivity contribution in [2.24, 2.45) is 0 Å². The maximum absolute atomic E-state index is 12.9. The highest BCUT2D eigenvalue weighted by molar-refractivity contribution is 7.92. The van der Waals surface area contributed by atoms with Crippen LogP contribution in [0.25, 0.3) is 0 Å². The van der Waals surface area contributed by atoms with Crippen LogP contribution in [0.15, 0.2) is 29.2 Å². The van der Waals surface area contributed by atoms with E-state index in [0.29, 0.717) is 17.9 Å². The Morgan fingerprint density at radius 1 is 1.24 bits per heavy atom. The molecule has 0 radical (unpaired) electrons. The van der Waals surface area contributed by atoms with Gasteiger partial charge in [0, 0.05) is 12.6 Å². The van der Waals surface area contributed by atoms with Crippen molar-refractivity contribution in [1.29, 1.82) is 0 Å². The van der Waals surface area contributed by atoms with Crippen molar-refractivity contribution < 1.29 is 13.5 Å². The second kappa shape index (κ2) is 6.90. The van der Waals surface area contributed by atoms with Crippen LogP contribution in [0.5, 0.6) is 0 Å². The minimum Gasteiger partial charge on any atom is -0.392 e. The Hall–Kier alpha value is -0.910. The van der Waals surface area contributed by atoms with E-state index in [4.69, 9.17) is 0 Å². The van der Waals surface area contributed by atoms with E-state index in [2.05, 4.69) is 5.32 Å². The summed E-state index contributed by atoms with van der Waals surface area (Å²) in [6.07, 6.45) is 3.06. The minimum absolute atomic E-state index is 0.0698. The van der Waals surface area contributed by atoms with Crippen LogP contribution in [0.1, 0.15) is 38.2 Å². The molecule has 1 saturated carbocycles. The molecule has 1 aliphatic carbocycles. The molecule has 0 saturated heterocycles. The third-order valence-corrected chi connectivity index (χ3v) is 6.42. The van der Waals surface area contributed by atoms with Crippen molar-refractivity contribution in [2.45, 2.75) is 61.8 Å². The Labute approximate surface area is 127 Å². The van der Waals surface area contributed by atoms with Crippen molar-refractivity contribution in [2.75, 3.05) is 6.54 Å². The van der Waals surface area contributed by atoms with Gasteiger partial charge in [0.25, 0.3) is 0 Å². The lowest BCUT2D eigenvalue weighted by molar-refractivity contribution is 0.181. The Kier molecular flexibility index (Phi) is 5.41. The fourth-order valence-corrected chi connectivity index (χ4v) is 4.93. The molecular weight excluding hydrogens is 286 g/mol. The van der Waals surface area contributed by atoms with Gasteiger partial charge in [-0.1, -0.05) is 30.5 Å². The van der Waals surface area contributed by atoms with E-state index in [1.807, 2.05) is 19.1 Å². The molecule has 21 heavy (non-hydrogen) atoms. The van der Waals surface area contributed by atoms with Gasteiger partial charge in [0.2, 0.25) is 0 Å². The Morgan fingerprint density at radius 3 is 2.48 bits per heavy atom. The summed E-state index contributed by atoms with van der Waals surface area (Å²) in [5.41, 5.74) is 1.06. The lowest BCUT2D eigenvalue weighted by Gasteiger charge is -2.32. The highest BCUT2D eigenvalue weighted by atomic mass is 32.2. The van der Waals surface area contributed by atoms with Gasteiger partial charge in [-0.2, -0.15) is 0 Å². The number of hydrogen-bond acceptors (Lipinski definition) is 4. The van der Waals surface area contributed by atoms with E-state index in [1.54, 1.807) is 19.1 Å². The first kappa shape index (κ1) is 16.5. The van der Waals surface area contributed by atoms with Crippen molar-refractivity contribution in [1.82, 2.24) is 5.32 Å². The fraction of sp³-hybridized carbons (Fsp3) is 0.625. The molecular formula is C16H25NO3S. The molecule has 0 unspecified atom stereocenters. The summed E-state index contributed by atoms with van der Waals surface area (Å²) in [5.74, 6) is 0. The molecule has 1 aliphatic rings. The molecule has 118 valence electrons. The number of hydrogen-bond donors (Lipinski definition) is 2. The number of aliphatic hydroxyl groups is 1. The predicted molar refractivity (Wildman–Crippen MR) is 84.1 cm³/mol. The monoisotopic (exact) mass is 311 g/mol. The second-order valence-corrected chi connectivity index (χ2v) is 8.21. The molecule has 0 spiro atoms. The lowest BCUT2D eigenvalue weighted by Crippen LogP contribution is -2.48. The molecule has 1 aromatic carbocycles. The van der Waals surface area contributed by atoms with Gasteiger partial charge >= 0.3 is 0 Å². The van der Waals surface area contributed by atoms with E-state index >= 15 is 0 Å². The minimum atomic E-state index is -3.32. The summed E-state index contributed by atoms with van der Waals surface area (Å²) < 4.78 is 25.7. The average molecular weight is 311 g/mol. The van der Waals surface area contributed by atoms with Crippen molar-refractivity contribution >= 4 is 9.84 Å². The second-order valence-electron chi connectivity index (χ2n) is 6.04. The summed E-state index contributed by atoms with van der Waals surface area (Å²) in [6, 6.07) is 7.01. The van der Waals surface area contributed by atoms with Crippen LogP contribution in [-0.2, 0) is 9.84 Å². The van der Waals surface area contributed by atoms with E-state index in [1.165, 1.54) is 0 Å². The number of sulfone groups is 1. The molecule has 2 rings (SSSR count). The van der Waals surface area contributed by atoms with E-state index in [-0.39, 0.29) is 6.04 Å². The maximum Gasteiger partial charge on any atom is 0.182 e. The SMILES string of the molecule is Cc1ccc(S(=O)(=O)[C@@H]2CCCC[C@H]2NC[C@H](C)O)cc1. The summed E-state index contributed by atoms with van der Waals surface area (Å²) in [7, 11) is -3.32. The van der Waals surface area contributed by atoms with Crippen molar-refractivity contribution in [3.63, 3.8) is 0 Å². The third kappa shape index (κ3) is 4.05. The summed E-state index contributed by atoms with van der Waals surface area (Å²) in [5, 5.41) is 12.2. The summed E-state index contributed by atoms with van der Waals surface area (Å²) in [4.78, 5) is 0.406. The van der Waals surface area contributed by atoms with Crippen LogP contribution in [0.4, 0.5) is 0 Å². The van der Waals surface area contributed by atoms with Crippen LogP contribution in [-0.4, -0.2) is 37.5 Å². The molecule has 4 nitrogen and oxygen atoms in total. The molecule has 5 heteroatoms. The number of aryl methyl sites for hydroxylation is 1. The molecule has 3 atom stereocenters. The van der Waals surface area contributed by atoms with Crippen LogP contribution >= 0.6 is 0 Å². The van der Waals surface area contributed by atoms with Crippen LogP contribution < -0.4 is 5.32 Å². The van der Waals surface area contributed by atoms with Gasteiger partial charge in [-0.15, -0.1) is 0 Å². The normalized spacial score (nSPS) is 24.7. The maximum atomic E-state index is 12.9. The molecule has 2 N–H and O–H groups in total. The van der Waals surface area contributed by atoms with Crippen LogP contribution in [0.2, 0.25) is 0 Å². The smallest absolute Gasteiger partial charge is 0.182 e. The zero-order valence-corrected chi connectivity index (χ0v) is 13.6. The zero-order valence-electron chi connectivity index (χ0n) is 12.7. The van der Waals surface area contributed by atoms with E-state index < -0.39 is 21.2 Å². The Bertz CT molecular complexity index is 551. The number of rotatable bonds is 5. The number of nitrogens with one attached hydrogen (secondary N) is 1. The molecule has 0 aliphatic heterocycles. The highest BCUT2D eigenvalue weighted by Gasteiger charge is 2.36. The quantitative estimate of drug-likeness (QED) is 0.873. The highest BCUT2D eigenvalue weighted by Crippen LogP contribution is 2.29. The third-order valence-electron chi connectivity index (χ3n) is 4.13. The predicted octanol–water partition coefficient (Wildman–Crippen LogP) is 2.05. The zero-order chi connectivity index (χ0) is 15.5. The number of aliphatic hydroxyl groups excluding tert-OH is 1. The number of benzene rings is 1. The summed E-state index contributed by atoms with van der Waals surface area (Å²) >= 11 is 0. The largest absolute Gasteiger partial charge is 0.392 e. The van der Waals surface area contributed by atoms with Gasteiger partial charge in [0.15, 0.2) is 9.84 Å². The molecule has 0 heterocycles. The Balaban J connectivity index is 2.20.